The maximum atomic E-state index is 8.68. The van der Waals surface area contributed by atoms with Crippen molar-refractivity contribution in [1.29, 1.82) is 0 Å². The normalized spacial score (nSPS) is 24.0. The van der Waals surface area contributed by atoms with E-state index in [1.807, 2.05) is 7.05 Å². The largest absolute Gasteiger partial charge is 0.396 e. The standard InChI is InChI=1S/C10H22N2O2/c1-11-8-10-9-12(5-7-14-10)4-2-3-6-13/h10-11,13H,2-9H2,1H3. The van der Waals surface area contributed by atoms with E-state index in [-0.39, 0.29) is 0 Å². The summed E-state index contributed by atoms with van der Waals surface area (Å²) in [7, 11) is 1.95. The zero-order chi connectivity index (χ0) is 10.2. The minimum Gasteiger partial charge on any atom is -0.396 e. The monoisotopic (exact) mass is 202 g/mol. The number of nitrogens with one attached hydrogen (secondary N) is 1. The second-order valence-electron chi connectivity index (χ2n) is 3.78. The van der Waals surface area contributed by atoms with Crippen LogP contribution >= 0.6 is 0 Å². The molecule has 1 aliphatic rings. The van der Waals surface area contributed by atoms with E-state index in [9.17, 15) is 0 Å². The third-order valence-electron chi connectivity index (χ3n) is 2.54. The average molecular weight is 202 g/mol. The van der Waals surface area contributed by atoms with Crippen molar-refractivity contribution in [1.82, 2.24) is 10.2 Å². The molecule has 0 aromatic rings. The summed E-state index contributed by atoms with van der Waals surface area (Å²) in [5.41, 5.74) is 0. The van der Waals surface area contributed by atoms with Crippen LogP contribution in [-0.2, 0) is 4.74 Å². The third-order valence-corrected chi connectivity index (χ3v) is 2.54. The van der Waals surface area contributed by atoms with Crippen molar-refractivity contribution >= 4 is 0 Å². The van der Waals surface area contributed by atoms with E-state index in [0.29, 0.717) is 12.7 Å². The molecule has 1 aliphatic heterocycles. The van der Waals surface area contributed by atoms with Gasteiger partial charge in [0.2, 0.25) is 0 Å². The van der Waals surface area contributed by atoms with Gasteiger partial charge in [0.1, 0.15) is 0 Å². The second kappa shape index (κ2) is 7.17. The molecule has 1 unspecified atom stereocenters. The van der Waals surface area contributed by atoms with E-state index in [1.165, 1.54) is 0 Å². The van der Waals surface area contributed by atoms with E-state index >= 15 is 0 Å². The SMILES string of the molecule is CNCC1CN(CCCCO)CCO1. The summed E-state index contributed by atoms with van der Waals surface area (Å²) >= 11 is 0. The maximum Gasteiger partial charge on any atom is 0.0826 e. The van der Waals surface area contributed by atoms with E-state index < -0.39 is 0 Å². The molecule has 0 radical (unpaired) electrons. The van der Waals surface area contributed by atoms with Gasteiger partial charge in [-0.2, -0.15) is 0 Å². The number of aliphatic hydroxyl groups is 1. The van der Waals surface area contributed by atoms with Gasteiger partial charge in [-0.1, -0.05) is 0 Å². The highest BCUT2D eigenvalue weighted by molar-refractivity contribution is 4.72. The lowest BCUT2D eigenvalue weighted by Gasteiger charge is -2.32. The fraction of sp³-hybridized carbons (Fsp3) is 1.00. The van der Waals surface area contributed by atoms with Crippen LogP contribution in [0.15, 0.2) is 0 Å². The smallest absolute Gasteiger partial charge is 0.0826 e. The molecule has 0 aliphatic carbocycles. The summed E-state index contributed by atoms with van der Waals surface area (Å²) in [6.07, 6.45) is 2.33. The van der Waals surface area contributed by atoms with Crippen molar-refractivity contribution < 1.29 is 9.84 Å². The van der Waals surface area contributed by atoms with Crippen LogP contribution in [0.2, 0.25) is 0 Å². The summed E-state index contributed by atoms with van der Waals surface area (Å²) in [4.78, 5) is 2.42. The molecular weight excluding hydrogens is 180 g/mol. The molecule has 0 aromatic carbocycles. The van der Waals surface area contributed by atoms with Gasteiger partial charge < -0.3 is 15.2 Å². The molecule has 0 spiro atoms. The minimum absolute atomic E-state index is 0.310. The van der Waals surface area contributed by atoms with Crippen molar-refractivity contribution in [2.75, 3.05) is 46.4 Å². The highest BCUT2D eigenvalue weighted by Crippen LogP contribution is 2.05. The zero-order valence-electron chi connectivity index (χ0n) is 9.04. The van der Waals surface area contributed by atoms with Crippen molar-refractivity contribution in [2.45, 2.75) is 18.9 Å². The lowest BCUT2D eigenvalue weighted by atomic mass is 10.2. The van der Waals surface area contributed by atoms with E-state index in [4.69, 9.17) is 9.84 Å². The van der Waals surface area contributed by atoms with Crippen LogP contribution in [0.25, 0.3) is 0 Å². The Bertz CT molecular complexity index is 142. The molecule has 0 bridgehead atoms. The Balaban J connectivity index is 2.12. The van der Waals surface area contributed by atoms with Crippen LogP contribution < -0.4 is 5.32 Å². The van der Waals surface area contributed by atoms with Crippen molar-refractivity contribution in [3.8, 4) is 0 Å². The predicted molar refractivity (Wildman–Crippen MR) is 56.4 cm³/mol. The number of ether oxygens (including phenoxy) is 1. The van der Waals surface area contributed by atoms with Crippen LogP contribution in [0.3, 0.4) is 0 Å². The Morgan fingerprint density at radius 2 is 2.36 bits per heavy atom. The second-order valence-corrected chi connectivity index (χ2v) is 3.78. The first-order valence-electron chi connectivity index (χ1n) is 5.46. The molecule has 4 nitrogen and oxygen atoms in total. The number of unbranched alkanes of at least 4 members (excludes halogenated alkanes) is 1. The molecule has 0 saturated carbocycles. The fourth-order valence-corrected chi connectivity index (χ4v) is 1.78. The van der Waals surface area contributed by atoms with Gasteiger partial charge in [-0.05, 0) is 26.4 Å². The van der Waals surface area contributed by atoms with Crippen LogP contribution in [0.4, 0.5) is 0 Å². The lowest BCUT2D eigenvalue weighted by Crippen LogP contribution is -2.46. The predicted octanol–water partition coefficient (Wildman–Crippen LogP) is -0.321. The van der Waals surface area contributed by atoms with Gasteiger partial charge in [0.05, 0.1) is 12.7 Å². The van der Waals surface area contributed by atoms with Gasteiger partial charge in [0.25, 0.3) is 0 Å². The Hall–Kier alpha value is -0.160. The van der Waals surface area contributed by atoms with E-state index in [1.54, 1.807) is 0 Å². The molecule has 84 valence electrons. The average Bonchev–Trinajstić information content (AvgIpc) is 2.19. The van der Waals surface area contributed by atoms with Crippen molar-refractivity contribution in [3.63, 3.8) is 0 Å². The van der Waals surface area contributed by atoms with Crippen molar-refractivity contribution in [2.24, 2.45) is 0 Å². The van der Waals surface area contributed by atoms with Gasteiger partial charge in [0.15, 0.2) is 0 Å². The van der Waals surface area contributed by atoms with Crippen LogP contribution in [0.5, 0.6) is 0 Å². The molecule has 1 rings (SSSR count). The number of hydrogen-bond donors (Lipinski definition) is 2. The summed E-state index contributed by atoms with van der Waals surface area (Å²) in [5, 5.41) is 11.8. The fourth-order valence-electron chi connectivity index (χ4n) is 1.78. The number of morpholine rings is 1. The highest BCUT2D eigenvalue weighted by Gasteiger charge is 2.18. The Kier molecular flexibility index (Phi) is 6.10. The molecule has 1 atom stereocenters. The molecule has 4 heteroatoms. The van der Waals surface area contributed by atoms with Crippen LogP contribution in [-0.4, -0.2) is 62.6 Å². The summed E-state index contributed by atoms with van der Waals surface area (Å²) in [6.45, 7) is 5.22. The summed E-state index contributed by atoms with van der Waals surface area (Å²) in [6, 6.07) is 0. The Morgan fingerprint density at radius 3 is 3.07 bits per heavy atom. The quantitative estimate of drug-likeness (QED) is 0.579. The molecule has 0 amide bonds. The summed E-state index contributed by atoms with van der Waals surface area (Å²) in [5.74, 6) is 0. The molecular formula is C10H22N2O2. The van der Waals surface area contributed by atoms with Gasteiger partial charge >= 0.3 is 0 Å². The van der Waals surface area contributed by atoms with E-state index in [0.717, 1.165) is 45.6 Å². The minimum atomic E-state index is 0.310. The molecule has 1 saturated heterocycles. The van der Waals surface area contributed by atoms with Crippen LogP contribution in [0.1, 0.15) is 12.8 Å². The van der Waals surface area contributed by atoms with Crippen molar-refractivity contribution in [3.05, 3.63) is 0 Å². The first-order valence-corrected chi connectivity index (χ1v) is 5.46. The van der Waals surface area contributed by atoms with Gasteiger partial charge in [-0.15, -0.1) is 0 Å². The number of likely N-dealkylation sites (N-methyl/N-ethyl adjacent to an activating group) is 1. The lowest BCUT2D eigenvalue weighted by molar-refractivity contribution is -0.0268. The highest BCUT2D eigenvalue weighted by atomic mass is 16.5. The molecule has 0 aromatic heterocycles. The van der Waals surface area contributed by atoms with Gasteiger partial charge in [-0.25, -0.2) is 0 Å². The third kappa shape index (κ3) is 4.37. The molecule has 1 heterocycles. The van der Waals surface area contributed by atoms with E-state index in [2.05, 4.69) is 10.2 Å². The molecule has 14 heavy (non-hydrogen) atoms. The number of rotatable bonds is 6. The Morgan fingerprint density at radius 1 is 1.50 bits per heavy atom. The topological polar surface area (TPSA) is 44.7 Å². The molecule has 2 N–H and O–H groups in total. The first-order chi connectivity index (χ1) is 6.86. The molecule has 1 fully saturated rings. The maximum absolute atomic E-state index is 8.68. The summed E-state index contributed by atoms with van der Waals surface area (Å²) < 4.78 is 5.60. The first kappa shape index (κ1) is 11.9. The number of aliphatic hydroxyl groups excluding tert-OH is 1. The number of hydrogen-bond acceptors (Lipinski definition) is 4. The zero-order valence-corrected chi connectivity index (χ0v) is 9.04. The van der Waals surface area contributed by atoms with Gasteiger partial charge in [-0.3, -0.25) is 4.90 Å². The Labute approximate surface area is 86.2 Å². The van der Waals surface area contributed by atoms with Gasteiger partial charge in [0, 0.05) is 26.2 Å². The van der Waals surface area contributed by atoms with Crippen LogP contribution in [0, 0.1) is 0 Å². The number of nitrogens with zero attached hydrogens (tertiary/aromatic N) is 1.